The van der Waals surface area contributed by atoms with Gasteiger partial charge in [-0.3, -0.25) is 4.68 Å². The first-order valence-electron chi connectivity index (χ1n) is 9.25. The van der Waals surface area contributed by atoms with Gasteiger partial charge in [-0.1, -0.05) is 18.2 Å². The Bertz CT molecular complexity index is 1140. The maximum Gasteiger partial charge on any atom is 0.183 e. The van der Waals surface area contributed by atoms with E-state index in [0.29, 0.717) is 47.8 Å². The third-order valence-electron chi connectivity index (χ3n) is 4.31. The van der Waals surface area contributed by atoms with Crippen molar-refractivity contribution in [3.63, 3.8) is 0 Å². The van der Waals surface area contributed by atoms with Crippen LogP contribution in [0.5, 0.6) is 5.75 Å². The fourth-order valence-corrected chi connectivity index (χ4v) is 2.95. The lowest BCUT2D eigenvalue weighted by Gasteiger charge is -2.12. The Morgan fingerprint density at radius 2 is 2.00 bits per heavy atom. The van der Waals surface area contributed by atoms with Crippen LogP contribution in [0.15, 0.2) is 42.7 Å². The molecule has 3 aromatic heterocycles. The first-order valence-corrected chi connectivity index (χ1v) is 9.25. The van der Waals surface area contributed by atoms with Crippen LogP contribution in [0.25, 0.3) is 22.4 Å². The third-order valence-corrected chi connectivity index (χ3v) is 4.31. The van der Waals surface area contributed by atoms with Gasteiger partial charge in [0.25, 0.3) is 0 Å². The van der Waals surface area contributed by atoms with Gasteiger partial charge >= 0.3 is 0 Å². The Morgan fingerprint density at radius 3 is 2.83 bits per heavy atom. The van der Waals surface area contributed by atoms with E-state index in [-0.39, 0.29) is 6.61 Å². The molecule has 4 rings (SSSR count). The average molecular weight is 391 g/mol. The Balaban J connectivity index is 1.75. The molecule has 0 spiro atoms. The van der Waals surface area contributed by atoms with E-state index in [9.17, 15) is 0 Å². The highest BCUT2D eigenvalue weighted by atomic mass is 16.5. The van der Waals surface area contributed by atoms with Crippen molar-refractivity contribution in [1.82, 2.24) is 29.7 Å². The van der Waals surface area contributed by atoms with Crippen molar-refractivity contribution in [3.8, 4) is 17.3 Å². The molecule has 0 bridgehead atoms. The van der Waals surface area contributed by atoms with Crippen molar-refractivity contribution >= 4 is 22.5 Å². The molecular formula is C20H21N7O2. The lowest BCUT2D eigenvalue weighted by Crippen LogP contribution is -2.06. The predicted molar refractivity (Wildman–Crippen MR) is 109 cm³/mol. The normalized spacial score (nSPS) is 11.0. The molecule has 0 saturated heterocycles. The van der Waals surface area contributed by atoms with Crippen molar-refractivity contribution in [2.24, 2.45) is 7.05 Å². The molecule has 9 nitrogen and oxygen atoms in total. The second-order valence-corrected chi connectivity index (χ2v) is 6.44. The number of anilines is 2. The number of nitrogens with zero attached hydrogens (tertiary/aromatic N) is 6. The fourth-order valence-electron chi connectivity index (χ4n) is 2.95. The molecule has 0 atom stereocenters. The molecule has 4 aromatic rings. The number of hydrogen-bond acceptors (Lipinski definition) is 8. The summed E-state index contributed by atoms with van der Waals surface area (Å²) >= 11 is 0. The lowest BCUT2D eigenvalue weighted by atomic mass is 10.2. The molecule has 0 amide bonds. The monoisotopic (exact) mass is 391 g/mol. The van der Waals surface area contributed by atoms with E-state index in [1.54, 1.807) is 23.1 Å². The number of aliphatic hydroxyl groups is 1. The number of ether oxygens (including phenoxy) is 1. The first-order chi connectivity index (χ1) is 14.2. The Hall–Kier alpha value is -3.59. The zero-order chi connectivity index (χ0) is 20.2. The molecular weight excluding hydrogens is 370 g/mol. The summed E-state index contributed by atoms with van der Waals surface area (Å²) in [6.07, 6.45) is 3.80. The topological polar surface area (TPSA) is 111 Å². The molecule has 9 heteroatoms. The minimum atomic E-state index is 0.0483. The van der Waals surface area contributed by atoms with Gasteiger partial charge in [0.15, 0.2) is 17.4 Å². The molecule has 3 heterocycles. The van der Waals surface area contributed by atoms with E-state index < -0.39 is 0 Å². The van der Waals surface area contributed by atoms with Gasteiger partial charge in [-0.25, -0.2) is 19.9 Å². The van der Waals surface area contributed by atoms with Crippen LogP contribution in [0.3, 0.4) is 0 Å². The third kappa shape index (κ3) is 3.99. The zero-order valence-electron chi connectivity index (χ0n) is 16.2. The zero-order valence-corrected chi connectivity index (χ0v) is 16.2. The number of aryl methyl sites for hydroxylation is 2. The van der Waals surface area contributed by atoms with E-state index in [1.807, 2.05) is 38.2 Å². The molecule has 0 unspecified atom stereocenters. The maximum absolute atomic E-state index is 9.02. The Labute approximate surface area is 167 Å². The second kappa shape index (κ2) is 8.19. The smallest absolute Gasteiger partial charge is 0.183 e. The first kappa shape index (κ1) is 18.8. The van der Waals surface area contributed by atoms with Crippen LogP contribution in [0.4, 0.5) is 11.6 Å². The number of fused-ring (bicyclic) bond motifs is 1. The summed E-state index contributed by atoms with van der Waals surface area (Å²) in [5.41, 5.74) is 1.68. The molecule has 0 saturated carbocycles. The SMILES string of the molecule is Cc1nccc(Nc2nc(-c3nn(C)c4ccccc34)ncc2OCCCO)n1. The molecule has 1 aromatic carbocycles. The highest BCUT2D eigenvalue weighted by molar-refractivity contribution is 5.91. The van der Waals surface area contributed by atoms with Crippen LogP contribution in [0.1, 0.15) is 12.2 Å². The van der Waals surface area contributed by atoms with Gasteiger partial charge in [-0.15, -0.1) is 0 Å². The quantitative estimate of drug-likeness (QED) is 0.463. The summed E-state index contributed by atoms with van der Waals surface area (Å²) in [6.45, 7) is 2.21. The van der Waals surface area contributed by atoms with Gasteiger partial charge in [0.05, 0.1) is 18.3 Å². The Kier molecular flexibility index (Phi) is 5.30. The van der Waals surface area contributed by atoms with Crippen molar-refractivity contribution in [2.45, 2.75) is 13.3 Å². The molecule has 148 valence electrons. The highest BCUT2D eigenvalue weighted by Crippen LogP contribution is 2.30. The predicted octanol–water partition coefficient (Wildman–Crippen LogP) is 2.63. The number of rotatable bonds is 7. The number of benzene rings is 1. The minimum absolute atomic E-state index is 0.0483. The number of aromatic nitrogens is 6. The van der Waals surface area contributed by atoms with Crippen molar-refractivity contribution in [3.05, 3.63) is 48.5 Å². The van der Waals surface area contributed by atoms with Crippen LogP contribution in [0, 0.1) is 6.92 Å². The summed E-state index contributed by atoms with van der Waals surface area (Å²) < 4.78 is 7.55. The second-order valence-electron chi connectivity index (χ2n) is 6.44. The van der Waals surface area contributed by atoms with Crippen LogP contribution in [0.2, 0.25) is 0 Å². The number of para-hydroxylation sites is 1. The summed E-state index contributed by atoms with van der Waals surface area (Å²) in [7, 11) is 1.89. The molecule has 0 aliphatic heterocycles. The molecule has 0 aliphatic rings. The van der Waals surface area contributed by atoms with Gasteiger partial charge in [-0.05, 0) is 19.1 Å². The van der Waals surface area contributed by atoms with E-state index >= 15 is 0 Å². The van der Waals surface area contributed by atoms with Crippen molar-refractivity contribution in [2.75, 3.05) is 18.5 Å². The van der Waals surface area contributed by atoms with Crippen LogP contribution < -0.4 is 10.1 Å². The minimum Gasteiger partial charge on any atom is -0.488 e. The largest absolute Gasteiger partial charge is 0.488 e. The van der Waals surface area contributed by atoms with Gasteiger partial charge in [0.1, 0.15) is 17.3 Å². The summed E-state index contributed by atoms with van der Waals surface area (Å²) in [5, 5.41) is 17.8. The summed E-state index contributed by atoms with van der Waals surface area (Å²) in [6, 6.07) is 9.68. The van der Waals surface area contributed by atoms with Gasteiger partial charge in [0.2, 0.25) is 0 Å². The summed E-state index contributed by atoms with van der Waals surface area (Å²) in [5.74, 6) is 2.66. The number of nitrogens with one attached hydrogen (secondary N) is 1. The average Bonchev–Trinajstić information content (AvgIpc) is 3.06. The van der Waals surface area contributed by atoms with Gasteiger partial charge in [0, 0.05) is 31.7 Å². The summed E-state index contributed by atoms with van der Waals surface area (Å²) in [4.78, 5) is 17.6. The fraction of sp³-hybridized carbons (Fsp3) is 0.250. The van der Waals surface area contributed by atoms with Crippen molar-refractivity contribution < 1.29 is 9.84 Å². The lowest BCUT2D eigenvalue weighted by molar-refractivity contribution is 0.233. The van der Waals surface area contributed by atoms with Crippen LogP contribution >= 0.6 is 0 Å². The number of hydrogen-bond donors (Lipinski definition) is 2. The Morgan fingerprint density at radius 1 is 1.14 bits per heavy atom. The van der Waals surface area contributed by atoms with Crippen LogP contribution in [-0.4, -0.2) is 48.0 Å². The van der Waals surface area contributed by atoms with Gasteiger partial charge in [-0.2, -0.15) is 5.10 Å². The molecule has 0 aliphatic carbocycles. The standard InChI is InChI=1S/C20H21N7O2/c1-13-21-9-8-17(23-13)24-19-16(29-11-5-10-28)12-22-20(25-19)18-14-6-3-4-7-15(14)27(2)26-18/h3-4,6-9,12,28H,5,10-11H2,1-2H3,(H,21,22,23,24,25). The number of aliphatic hydroxyl groups excluding tert-OH is 1. The van der Waals surface area contributed by atoms with Gasteiger partial charge < -0.3 is 15.2 Å². The highest BCUT2D eigenvalue weighted by Gasteiger charge is 2.16. The van der Waals surface area contributed by atoms with Crippen molar-refractivity contribution in [1.29, 1.82) is 0 Å². The van der Waals surface area contributed by atoms with E-state index in [0.717, 1.165) is 10.9 Å². The van der Waals surface area contributed by atoms with E-state index in [1.165, 1.54) is 0 Å². The maximum atomic E-state index is 9.02. The molecule has 0 radical (unpaired) electrons. The van der Waals surface area contributed by atoms with E-state index in [4.69, 9.17) is 9.84 Å². The van der Waals surface area contributed by atoms with Crippen LogP contribution in [-0.2, 0) is 7.05 Å². The van der Waals surface area contributed by atoms with E-state index in [2.05, 4.69) is 30.4 Å². The molecule has 29 heavy (non-hydrogen) atoms. The molecule has 0 fully saturated rings. The molecule has 2 N–H and O–H groups in total.